The molecule has 0 unspecified atom stereocenters. The van der Waals surface area contributed by atoms with Crippen molar-refractivity contribution in [3.05, 3.63) is 0 Å². The lowest BCUT2D eigenvalue weighted by atomic mass is 11.0. The fraction of sp³-hybridized carbons (Fsp3) is 0.500. The number of halogens is 3. The Balaban J connectivity index is -0.00000000667. The monoisotopic (exact) mass is 149 g/mol. The molecular weight excluding hydrogens is 144 g/mol. The predicted molar refractivity (Wildman–Crippen MR) is 33.0 cm³/mol. The highest BCUT2D eigenvalue weighted by Gasteiger charge is 1.17. The van der Waals surface area contributed by atoms with Crippen LogP contribution in [0.3, 0.4) is 0 Å². The Morgan fingerprint density at radius 2 is 1.17 bits per heavy atom. The zero-order valence-electron chi connectivity index (χ0n) is 3.17. The van der Waals surface area contributed by atoms with Gasteiger partial charge in [0.1, 0.15) is 0 Å². The first kappa shape index (κ1) is 32.8. The number of hydrogen-bond donors (Lipinski definition) is 0. The summed E-state index contributed by atoms with van der Waals surface area (Å²) in [5.41, 5.74) is 0. The lowest BCUT2D eigenvalue weighted by Crippen LogP contribution is -1.10. The maximum atomic E-state index is 7.32. The molecule has 0 aliphatic carbocycles. The van der Waals surface area contributed by atoms with Crippen LogP contribution in [-0.2, 0) is 0 Å². The fourth-order valence-electron chi connectivity index (χ4n) is 0. The lowest BCUT2D eigenvalue weighted by Gasteiger charge is -1.15. The summed E-state index contributed by atoms with van der Waals surface area (Å²) in [6.07, 6.45) is 0. The number of hydrogen-bond acceptors (Lipinski definition) is 1. The second-order valence-corrected chi connectivity index (χ2v) is 0.224. The van der Waals surface area contributed by atoms with Gasteiger partial charge in [-0.2, -0.15) is 5.26 Å². The van der Waals surface area contributed by atoms with Crippen molar-refractivity contribution < 1.29 is 0 Å². The van der Waals surface area contributed by atoms with E-state index in [2.05, 4.69) is 0 Å². The third-order valence-electron chi connectivity index (χ3n) is 0. The smallest absolute Gasteiger partial charge is 0.0587 e. The molecule has 0 N–H and O–H groups in total. The third-order valence-corrected chi connectivity index (χ3v) is 0. The van der Waals surface area contributed by atoms with E-state index in [1.807, 2.05) is 0 Å². The average Bonchev–Trinajstić information content (AvgIpc) is 0.918. The molecule has 0 aliphatic rings. The molecule has 0 amide bonds. The van der Waals surface area contributed by atoms with Gasteiger partial charge in [-0.05, 0) is 0 Å². The van der Waals surface area contributed by atoms with Gasteiger partial charge in [0, 0.05) is 6.92 Å². The number of nitriles is 1. The van der Waals surface area contributed by atoms with Crippen LogP contribution in [-0.4, -0.2) is 0 Å². The zero-order valence-corrected chi connectivity index (χ0v) is 5.62. The molecule has 1 nitrogen and oxygen atoms in total. The summed E-state index contributed by atoms with van der Waals surface area (Å²) in [5.74, 6) is 0. The summed E-state index contributed by atoms with van der Waals surface area (Å²) < 4.78 is 0. The molecule has 0 bridgehead atoms. The largest absolute Gasteiger partial charge is 0.199 e. The minimum absolute atomic E-state index is 0. The summed E-state index contributed by atoms with van der Waals surface area (Å²) in [6, 6.07) is 1.75. The second kappa shape index (κ2) is 55.1. The highest BCUT2D eigenvalue weighted by molar-refractivity contribution is 5.86. The first-order valence-electron chi connectivity index (χ1n) is 0.724. The van der Waals surface area contributed by atoms with Crippen molar-refractivity contribution in [1.82, 2.24) is 0 Å². The van der Waals surface area contributed by atoms with Crippen molar-refractivity contribution in [2.24, 2.45) is 0 Å². The van der Waals surface area contributed by atoms with Gasteiger partial charge in [-0.25, -0.2) is 0 Å². The Morgan fingerprint density at radius 1 is 1.17 bits per heavy atom. The molecule has 0 radical (unpaired) electrons. The van der Waals surface area contributed by atoms with Gasteiger partial charge in [0.2, 0.25) is 0 Å². The first-order chi connectivity index (χ1) is 1.41. The molecule has 6 heavy (non-hydrogen) atoms. The van der Waals surface area contributed by atoms with Gasteiger partial charge in [-0.1, -0.05) is 0 Å². The maximum absolute atomic E-state index is 7.32. The molecular formula is C2H6Cl3N. The molecule has 40 valence electrons. The maximum Gasteiger partial charge on any atom is 0.0587 e. The third kappa shape index (κ3) is 380. The summed E-state index contributed by atoms with van der Waals surface area (Å²) in [4.78, 5) is 0. The number of nitrogens with zero attached hydrogens (tertiary/aromatic N) is 1. The molecule has 0 aliphatic heterocycles. The zero-order chi connectivity index (χ0) is 2.71. The fourth-order valence-corrected chi connectivity index (χ4v) is 0. The van der Waals surface area contributed by atoms with Gasteiger partial charge < -0.3 is 0 Å². The lowest BCUT2D eigenvalue weighted by molar-refractivity contribution is 1.49. The average molecular weight is 150 g/mol. The van der Waals surface area contributed by atoms with Crippen molar-refractivity contribution in [2.45, 2.75) is 6.92 Å². The molecule has 4 heteroatoms. The standard InChI is InChI=1S/C2H3N.3ClH/c1-2-3;;;/h1H3;3*1H. The molecule has 0 spiro atoms. The summed E-state index contributed by atoms with van der Waals surface area (Å²) in [6.45, 7) is 1.43. The van der Waals surface area contributed by atoms with Crippen LogP contribution in [0, 0.1) is 11.3 Å². The van der Waals surface area contributed by atoms with E-state index in [9.17, 15) is 0 Å². The van der Waals surface area contributed by atoms with E-state index in [0.717, 1.165) is 0 Å². The number of rotatable bonds is 0. The van der Waals surface area contributed by atoms with E-state index < -0.39 is 0 Å². The van der Waals surface area contributed by atoms with E-state index in [1.54, 1.807) is 6.07 Å². The summed E-state index contributed by atoms with van der Waals surface area (Å²) >= 11 is 0. The van der Waals surface area contributed by atoms with E-state index in [0.29, 0.717) is 0 Å². The van der Waals surface area contributed by atoms with E-state index in [-0.39, 0.29) is 37.2 Å². The van der Waals surface area contributed by atoms with Crippen LogP contribution in [0.5, 0.6) is 0 Å². The minimum Gasteiger partial charge on any atom is -0.199 e. The summed E-state index contributed by atoms with van der Waals surface area (Å²) in [5, 5.41) is 7.32. The SMILES string of the molecule is CC#N.Cl.Cl.Cl. The Labute approximate surface area is 56.0 Å². The van der Waals surface area contributed by atoms with Gasteiger partial charge in [-0.3, -0.25) is 0 Å². The van der Waals surface area contributed by atoms with E-state index >= 15 is 0 Å². The van der Waals surface area contributed by atoms with Crippen LogP contribution >= 0.6 is 37.2 Å². The topological polar surface area (TPSA) is 23.8 Å². The molecule has 0 atom stereocenters. The van der Waals surface area contributed by atoms with Gasteiger partial charge in [0.05, 0.1) is 6.07 Å². The van der Waals surface area contributed by atoms with Crippen molar-refractivity contribution in [2.75, 3.05) is 0 Å². The normalized spacial score (nSPS) is 1.33. The first-order valence-corrected chi connectivity index (χ1v) is 0.724. The highest BCUT2D eigenvalue weighted by atomic mass is 35.5. The van der Waals surface area contributed by atoms with Gasteiger partial charge >= 0.3 is 0 Å². The van der Waals surface area contributed by atoms with Crippen LogP contribution in [0.15, 0.2) is 0 Å². The van der Waals surface area contributed by atoms with Crippen molar-refractivity contribution >= 4 is 37.2 Å². The Morgan fingerprint density at radius 3 is 1.17 bits per heavy atom. The quantitative estimate of drug-likeness (QED) is 0.516. The van der Waals surface area contributed by atoms with Crippen LogP contribution in [0.4, 0.5) is 0 Å². The second-order valence-electron chi connectivity index (χ2n) is 0.224. The van der Waals surface area contributed by atoms with Gasteiger partial charge in [-0.15, -0.1) is 37.2 Å². The van der Waals surface area contributed by atoms with E-state index in [1.165, 1.54) is 6.92 Å². The Kier molecular flexibility index (Phi) is 301. The molecule has 0 fully saturated rings. The van der Waals surface area contributed by atoms with E-state index in [4.69, 9.17) is 5.26 Å². The van der Waals surface area contributed by atoms with Gasteiger partial charge in [0.15, 0.2) is 0 Å². The predicted octanol–water partition coefficient (Wildman–Crippen LogP) is 1.80. The Bertz CT molecular complexity index is 30.3. The van der Waals surface area contributed by atoms with Gasteiger partial charge in [0.25, 0.3) is 0 Å². The van der Waals surface area contributed by atoms with Crippen molar-refractivity contribution in [3.8, 4) is 6.07 Å². The van der Waals surface area contributed by atoms with Crippen molar-refractivity contribution in [1.29, 1.82) is 5.26 Å². The van der Waals surface area contributed by atoms with Crippen LogP contribution in [0.1, 0.15) is 6.92 Å². The molecule has 0 saturated heterocycles. The molecule has 0 heterocycles. The van der Waals surface area contributed by atoms with Crippen LogP contribution in [0.25, 0.3) is 0 Å². The molecule has 0 aromatic rings. The molecule has 0 rings (SSSR count). The molecule has 0 aromatic carbocycles. The molecule has 0 saturated carbocycles. The molecule has 0 aromatic heterocycles. The van der Waals surface area contributed by atoms with Crippen LogP contribution < -0.4 is 0 Å². The van der Waals surface area contributed by atoms with Crippen molar-refractivity contribution in [3.63, 3.8) is 0 Å². The van der Waals surface area contributed by atoms with Crippen LogP contribution in [0.2, 0.25) is 0 Å². The minimum atomic E-state index is 0. The Hall–Kier alpha value is 0.360. The summed E-state index contributed by atoms with van der Waals surface area (Å²) in [7, 11) is 0. The highest BCUT2D eigenvalue weighted by Crippen LogP contribution is 1.21.